The molecule has 2 nitrogen and oxygen atoms in total. The molecular formula is C52H29IO2. The number of furan rings is 2. The third-order valence-corrected chi connectivity index (χ3v) is 10.3. The van der Waals surface area contributed by atoms with Crippen molar-refractivity contribution >= 4 is 88.0 Å². The highest BCUT2D eigenvalue weighted by Gasteiger charge is 2.10. The average Bonchev–Trinajstić information content (AvgIpc) is 3.82. The summed E-state index contributed by atoms with van der Waals surface area (Å²) in [6, 6.07) is 52.3. The van der Waals surface area contributed by atoms with Crippen molar-refractivity contribution in [2.24, 2.45) is 0 Å². The van der Waals surface area contributed by atoms with E-state index in [1.54, 1.807) is 0 Å². The van der Waals surface area contributed by atoms with Crippen LogP contribution in [0.3, 0.4) is 0 Å². The maximum atomic E-state index is 6.07. The maximum absolute atomic E-state index is 6.07. The van der Waals surface area contributed by atoms with Gasteiger partial charge in [0.25, 0.3) is 0 Å². The molecule has 0 radical (unpaired) electrons. The van der Waals surface area contributed by atoms with Crippen molar-refractivity contribution in [2.75, 3.05) is 0 Å². The first-order chi connectivity index (χ1) is 27.1. The molecule has 2 aromatic heterocycles. The van der Waals surface area contributed by atoms with Gasteiger partial charge in [-0.2, -0.15) is 0 Å². The Balaban J connectivity index is 0.000000129. The molecule has 3 heteroatoms. The molecule has 0 atom stereocenters. The van der Waals surface area contributed by atoms with Crippen LogP contribution in [0.2, 0.25) is 0 Å². The van der Waals surface area contributed by atoms with Gasteiger partial charge in [-0.1, -0.05) is 139 Å². The van der Waals surface area contributed by atoms with E-state index in [1.165, 1.54) is 14.3 Å². The molecule has 2 heterocycles. The lowest BCUT2D eigenvalue weighted by Gasteiger charge is -2.03. The van der Waals surface area contributed by atoms with Crippen LogP contribution in [0.15, 0.2) is 167 Å². The second-order valence-electron chi connectivity index (χ2n) is 12.6. The summed E-state index contributed by atoms with van der Waals surface area (Å²) < 4.78 is 13.0. The highest BCUT2D eigenvalue weighted by atomic mass is 127. The normalized spacial score (nSPS) is 10.4. The second kappa shape index (κ2) is 15.4. The minimum atomic E-state index is 0.807. The molecule has 55 heavy (non-hydrogen) atoms. The van der Waals surface area contributed by atoms with Gasteiger partial charge in [0.1, 0.15) is 11.2 Å². The van der Waals surface area contributed by atoms with Crippen LogP contribution in [0.4, 0.5) is 0 Å². The van der Waals surface area contributed by atoms with Gasteiger partial charge in [-0.15, -0.1) is 19.3 Å². The Labute approximate surface area is 332 Å². The first-order valence-electron chi connectivity index (χ1n) is 17.5. The second-order valence-corrected chi connectivity index (χ2v) is 13.8. The quantitative estimate of drug-likeness (QED) is 0.113. The number of rotatable bonds is 0. The fourth-order valence-corrected chi connectivity index (χ4v) is 7.63. The van der Waals surface area contributed by atoms with Crippen LogP contribution in [0, 0.1) is 52.4 Å². The van der Waals surface area contributed by atoms with E-state index in [4.69, 9.17) is 28.1 Å². The van der Waals surface area contributed by atoms with Crippen molar-refractivity contribution in [3.63, 3.8) is 0 Å². The van der Waals surface area contributed by atoms with E-state index in [0.717, 1.165) is 82.5 Å². The Kier molecular flexibility index (Phi) is 9.80. The Hall–Kier alpha value is -7.15. The van der Waals surface area contributed by atoms with Gasteiger partial charge >= 0.3 is 0 Å². The molecule has 0 unspecified atom stereocenters. The van der Waals surface area contributed by atoms with Crippen molar-refractivity contribution in [1.29, 1.82) is 0 Å². The molecule has 0 saturated carbocycles. The molecule has 0 bridgehead atoms. The molecule has 0 aliphatic carbocycles. The summed E-state index contributed by atoms with van der Waals surface area (Å²) in [7, 11) is 0. The Morgan fingerprint density at radius 3 is 1.35 bits per heavy atom. The van der Waals surface area contributed by atoms with Crippen molar-refractivity contribution in [3.8, 4) is 48.9 Å². The van der Waals surface area contributed by atoms with Crippen LogP contribution in [0.1, 0.15) is 27.8 Å². The highest BCUT2D eigenvalue weighted by molar-refractivity contribution is 14.1. The van der Waals surface area contributed by atoms with Gasteiger partial charge in [0.15, 0.2) is 11.2 Å². The minimum Gasteiger partial charge on any atom is -0.455 e. The van der Waals surface area contributed by atoms with Gasteiger partial charge in [0, 0.05) is 52.6 Å². The van der Waals surface area contributed by atoms with Crippen LogP contribution in [0.25, 0.3) is 65.4 Å². The lowest BCUT2D eigenvalue weighted by molar-refractivity contribution is 0.667. The van der Waals surface area contributed by atoms with E-state index >= 15 is 0 Å². The topological polar surface area (TPSA) is 26.3 Å². The number of terminal acetylenes is 3. The molecule has 0 saturated heterocycles. The van der Waals surface area contributed by atoms with E-state index < -0.39 is 0 Å². The molecule has 0 aliphatic rings. The first kappa shape index (κ1) is 34.9. The molecule has 0 amide bonds. The SMILES string of the molecule is C#Cc1cccc2c1oc1ccccc12.C#Cc1cccc2cccc(C#Cc3cccc4c3oc3ccccc34)c12.C#Cc1cccc2cccc(I)c12. The highest BCUT2D eigenvalue weighted by Crippen LogP contribution is 2.32. The molecule has 10 aromatic rings. The van der Waals surface area contributed by atoms with Crippen molar-refractivity contribution in [3.05, 3.63) is 189 Å². The summed E-state index contributed by atoms with van der Waals surface area (Å²) in [4.78, 5) is 0. The number of hydrogen-bond donors (Lipinski definition) is 0. The monoisotopic (exact) mass is 812 g/mol. The standard InChI is InChI=1S/C26H14O.C14H8O.C12H7I/c1-2-18-8-5-9-19-10-6-11-20(25(18)19)16-17-21-12-7-14-23-22-13-3-4-15-24(22)27-26(21)23;1-2-10-6-5-8-12-11-7-3-4-9-13(11)15-14(10)12;1-2-9-5-3-6-10-7-4-8-11(13)12(9)10/h1,3-15H;1,3-9H;1,3-8H. The molecular weight excluding hydrogens is 783 g/mol. The maximum Gasteiger partial charge on any atom is 0.151 e. The Morgan fingerprint density at radius 1 is 0.364 bits per heavy atom. The van der Waals surface area contributed by atoms with Crippen molar-refractivity contribution < 1.29 is 8.83 Å². The lowest BCUT2D eigenvalue weighted by atomic mass is 9.99. The fourth-order valence-electron chi connectivity index (χ4n) is 6.82. The predicted octanol–water partition coefficient (Wildman–Crippen LogP) is 13.1. The van der Waals surface area contributed by atoms with E-state index in [0.29, 0.717) is 0 Å². The molecule has 8 aromatic carbocycles. The zero-order valence-corrected chi connectivity index (χ0v) is 31.6. The van der Waals surface area contributed by atoms with Crippen LogP contribution in [0.5, 0.6) is 0 Å². The zero-order valence-electron chi connectivity index (χ0n) is 29.4. The van der Waals surface area contributed by atoms with Crippen LogP contribution in [-0.2, 0) is 0 Å². The number of fused-ring (bicyclic) bond motifs is 8. The first-order valence-corrected chi connectivity index (χ1v) is 18.6. The summed E-state index contributed by atoms with van der Waals surface area (Å²) in [6.07, 6.45) is 16.6. The largest absolute Gasteiger partial charge is 0.455 e. The number of halogens is 1. The Bertz CT molecular complexity index is 3260. The molecule has 10 rings (SSSR count). The predicted molar refractivity (Wildman–Crippen MR) is 238 cm³/mol. The number of benzene rings is 8. The van der Waals surface area contributed by atoms with E-state index in [1.807, 2.05) is 115 Å². The fraction of sp³-hybridized carbons (Fsp3) is 0. The molecule has 0 fully saturated rings. The third-order valence-electron chi connectivity index (χ3n) is 9.37. The van der Waals surface area contributed by atoms with Gasteiger partial charge in [0.05, 0.1) is 11.1 Å². The van der Waals surface area contributed by atoms with Crippen molar-refractivity contribution in [1.82, 2.24) is 0 Å². The summed E-state index contributed by atoms with van der Waals surface area (Å²) >= 11 is 2.31. The van der Waals surface area contributed by atoms with E-state index in [9.17, 15) is 0 Å². The zero-order chi connectivity index (χ0) is 37.7. The number of hydrogen-bond acceptors (Lipinski definition) is 2. The van der Waals surface area contributed by atoms with Gasteiger partial charge < -0.3 is 8.83 Å². The van der Waals surface area contributed by atoms with Crippen molar-refractivity contribution in [2.45, 2.75) is 0 Å². The van der Waals surface area contributed by atoms with E-state index in [-0.39, 0.29) is 0 Å². The molecule has 0 N–H and O–H groups in total. The smallest absolute Gasteiger partial charge is 0.151 e. The van der Waals surface area contributed by atoms with E-state index in [2.05, 4.69) is 94.7 Å². The summed E-state index contributed by atoms with van der Waals surface area (Å²) in [5.74, 6) is 14.7. The molecule has 0 spiro atoms. The van der Waals surface area contributed by atoms with Crippen LogP contribution >= 0.6 is 22.6 Å². The average molecular weight is 813 g/mol. The van der Waals surface area contributed by atoms with Gasteiger partial charge in [-0.3, -0.25) is 0 Å². The van der Waals surface area contributed by atoms with Crippen LogP contribution < -0.4 is 0 Å². The van der Waals surface area contributed by atoms with Gasteiger partial charge in [0.2, 0.25) is 0 Å². The third kappa shape index (κ3) is 6.79. The summed E-state index contributed by atoms with van der Waals surface area (Å²) in [5.41, 5.74) is 7.83. The minimum absolute atomic E-state index is 0.807. The van der Waals surface area contributed by atoms with Gasteiger partial charge in [-0.05, 0) is 81.9 Å². The molecule has 0 aliphatic heterocycles. The van der Waals surface area contributed by atoms with Crippen LogP contribution in [-0.4, -0.2) is 0 Å². The Morgan fingerprint density at radius 2 is 0.764 bits per heavy atom. The summed E-state index contributed by atoms with van der Waals surface area (Å²) in [5, 5.41) is 8.91. The lowest BCUT2D eigenvalue weighted by Crippen LogP contribution is -1.85. The summed E-state index contributed by atoms with van der Waals surface area (Å²) in [6.45, 7) is 0. The van der Waals surface area contributed by atoms with Gasteiger partial charge in [-0.25, -0.2) is 0 Å². The molecule has 256 valence electrons. The number of para-hydroxylation sites is 4.